The number of methoxy groups -OCH3 is 1. The molecule has 13 heavy (non-hydrogen) atoms. The summed E-state index contributed by atoms with van der Waals surface area (Å²) in [6.45, 7) is 0.185. The molecule has 0 aliphatic heterocycles. The van der Waals surface area contributed by atoms with E-state index >= 15 is 0 Å². The number of pyridine rings is 1. The molecule has 0 saturated heterocycles. The van der Waals surface area contributed by atoms with Crippen LogP contribution in [0.25, 0.3) is 0 Å². The molecular formula is C8H9ClINO2. The number of aromatic nitrogens is 1. The largest absolute Gasteiger partial charge is 0.464 e. The van der Waals surface area contributed by atoms with Crippen molar-refractivity contribution in [2.75, 3.05) is 13.9 Å². The van der Waals surface area contributed by atoms with Crippen LogP contribution in [0.15, 0.2) is 12.1 Å². The lowest BCUT2D eigenvalue weighted by atomic mass is 10.4. The second-order valence-corrected chi connectivity index (χ2v) is 3.40. The first-order valence-corrected chi connectivity index (χ1v) is 5.51. The van der Waals surface area contributed by atoms with Gasteiger partial charge in [-0.15, -0.1) is 0 Å². The summed E-state index contributed by atoms with van der Waals surface area (Å²) >= 11 is 8.07. The molecule has 0 unspecified atom stereocenters. The first kappa shape index (κ1) is 11.0. The highest BCUT2D eigenvalue weighted by Crippen LogP contribution is 2.22. The number of rotatable bonds is 4. The van der Waals surface area contributed by atoms with Gasteiger partial charge in [-0.25, -0.2) is 4.98 Å². The molecule has 1 aromatic heterocycles. The molecule has 1 rings (SSSR count). The average Bonchev–Trinajstić information content (AvgIpc) is 2.16. The minimum atomic E-state index is 0.185. The Bertz CT molecular complexity index is 283. The van der Waals surface area contributed by atoms with E-state index in [0.717, 1.165) is 10.1 Å². The van der Waals surface area contributed by atoms with Crippen LogP contribution in [0.3, 0.4) is 0 Å². The van der Waals surface area contributed by atoms with E-state index < -0.39 is 0 Å². The molecule has 0 atom stereocenters. The fraction of sp³-hybridized carbons (Fsp3) is 0.375. The Morgan fingerprint density at radius 1 is 1.54 bits per heavy atom. The first-order chi connectivity index (χ1) is 6.27. The highest BCUT2D eigenvalue weighted by molar-refractivity contribution is 14.1. The van der Waals surface area contributed by atoms with Crippen molar-refractivity contribution in [1.82, 2.24) is 4.98 Å². The summed E-state index contributed by atoms with van der Waals surface area (Å²) in [6, 6.07) is 3.67. The molecule has 0 fully saturated rings. The van der Waals surface area contributed by atoms with Crippen LogP contribution in [-0.2, 0) is 9.16 Å². The molecule has 1 aromatic rings. The number of hydrogen-bond acceptors (Lipinski definition) is 3. The number of hydrogen-bond donors (Lipinski definition) is 0. The van der Waals surface area contributed by atoms with Crippen molar-refractivity contribution in [1.29, 1.82) is 0 Å². The van der Waals surface area contributed by atoms with Gasteiger partial charge in [-0.3, -0.25) is 0 Å². The van der Waals surface area contributed by atoms with E-state index in [4.69, 9.17) is 21.1 Å². The molecule has 0 N–H and O–H groups in total. The Labute approximate surface area is 95.5 Å². The van der Waals surface area contributed by atoms with Crippen molar-refractivity contribution in [3.8, 4) is 5.75 Å². The fourth-order valence-corrected chi connectivity index (χ4v) is 1.41. The molecule has 0 saturated carbocycles. The summed E-state index contributed by atoms with van der Waals surface area (Å²) in [5.41, 5.74) is 0.940. The SMILES string of the molecule is COCOc1ccc(CI)nc1Cl. The van der Waals surface area contributed by atoms with Gasteiger partial charge in [-0.05, 0) is 12.1 Å². The topological polar surface area (TPSA) is 31.4 Å². The zero-order chi connectivity index (χ0) is 9.68. The van der Waals surface area contributed by atoms with Crippen molar-refractivity contribution in [3.05, 3.63) is 23.0 Å². The number of nitrogens with zero attached hydrogens (tertiary/aromatic N) is 1. The maximum absolute atomic E-state index is 5.85. The molecule has 0 bridgehead atoms. The molecule has 0 amide bonds. The summed E-state index contributed by atoms with van der Waals surface area (Å²) < 4.78 is 10.7. The van der Waals surface area contributed by atoms with Gasteiger partial charge in [-0.2, -0.15) is 0 Å². The Hall–Kier alpha value is -0.0700. The van der Waals surface area contributed by atoms with Crippen LogP contribution in [0.1, 0.15) is 5.69 Å². The van der Waals surface area contributed by atoms with Gasteiger partial charge in [-0.1, -0.05) is 34.2 Å². The van der Waals surface area contributed by atoms with Crippen LogP contribution in [0, 0.1) is 0 Å². The standard InChI is InChI=1S/C8H9ClINO2/c1-12-5-13-7-3-2-6(4-10)11-8(7)9/h2-3H,4-5H2,1H3. The third kappa shape index (κ3) is 3.28. The summed E-state index contributed by atoms with van der Waals surface area (Å²) in [5, 5.41) is 0.381. The van der Waals surface area contributed by atoms with Gasteiger partial charge in [0.2, 0.25) is 0 Å². The van der Waals surface area contributed by atoms with E-state index in [1.54, 1.807) is 13.2 Å². The Morgan fingerprint density at radius 2 is 2.31 bits per heavy atom. The van der Waals surface area contributed by atoms with E-state index in [9.17, 15) is 0 Å². The van der Waals surface area contributed by atoms with Crippen LogP contribution < -0.4 is 4.74 Å². The van der Waals surface area contributed by atoms with Crippen molar-refractivity contribution < 1.29 is 9.47 Å². The predicted molar refractivity (Wildman–Crippen MR) is 59.5 cm³/mol. The third-order valence-electron chi connectivity index (χ3n) is 1.34. The third-order valence-corrected chi connectivity index (χ3v) is 2.39. The van der Waals surface area contributed by atoms with Crippen LogP contribution in [-0.4, -0.2) is 18.9 Å². The van der Waals surface area contributed by atoms with Gasteiger partial charge in [0, 0.05) is 11.5 Å². The van der Waals surface area contributed by atoms with Crippen molar-refractivity contribution >= 4 is 34.2 Å². The minimum absolute atomic E-state index is 0.185. The molecule has 0 aliphatic carbocycles. The number of halogens is 2. The van der Waals surface area contributed by atoms with Crippen LogP contribution in [0.2, 0.25) is 5.15 Å². The van der Waals surface area contributed by atoms with Gasteiger partial charge < -0.3 is 9.47 Å². The molecule has 1 heterocycles. The lowest BCUT2D eigenvalue weighted by molar-refractivity contribution is 0.0509. The van der Waals surface area contributed by atoms with Crippen LogP contribution in [0.4, 0.5) is 0 Å². The highest BCUT2D eigenvalue weighted by atomic mass is 127. The molecule has 0 spiro atoms. The van der Waals surface area contributed by atoms with Gasteiger partial charge in [0.25, 0.3) is 0 Å². The molecule has 3 nitrogen and oxygen atoms in total. The normalized spacial score (nSPS) is 10.1. The summed E-state index contributed by atoms with van der Waals surface area (Å²) in [5.74, 6) is 0.553. The van der Waals surface area contributed by atoms with Crippen LogP contribution in [0.5, 0.6) is 5.75 Å². The van der Waals surface area contributed by atoms with Crippen LogP contribution >= 0.6 is 34.2 Å². The van der Waals surface area contributed by atoms with Crippen molar-refractivity contribution in [2.24, 2.45) is 0 Å². The van der Waals surface area contributed by atoms with E-state index in [2.05, 4.69) is 27.6 Å². The fourth-order valence-electron chi connectivity index (χ4n) is 0.764. The van der Waals surface area contributed by atoms with Gasteiger partial charge >= 0.3 is 0 Å². The maximum atomic E-state index is 5.85. The zero-order valence-corrected chi connectivity index (χ0v) is 10.0. The summed E-state index contributed by atoms with van der Waals surface area (Å²) in [6.07, 6.45) is 0. The highest BCUT2D eigenvalue weighted by Gasteiger charge is 2.03. The molecule has 0 radical (unpaired) electrons. The monoisotopic (exact) mass is 313 g/mol. The quantitative estimate of drug-likeness (QED) is 0.371. The van der Waals surface area contributed by atoms with E-state index in [0.29, 0.717) is 10.9 Å². The Kier molecular flexibility index (Phi) is 4.76. The molecule has 0 aromatic carbocycles. The Balaban J connectivity index is 2.73. The smallest absolute Gasteiger partial charge is 0.188 e. The van der Waals surface area contributed by atoms with Crippen molar-refractivity contribution in [3.63, 3.8) is 0 Å². The lowest BCUT2D eigenvalue weighted by Gasteiger charge is -2.06. The summed E-state index contributed by atoms with van der Waals surface area (Å²) in [7, 11) is 1.56. The molecule has 5 heteroatoms. The molecule has 72 valence electrons. The lowest BCUT2D eigenvalue weighted by Crippen LogP contribution is -2.00. The second kappa shape index (κ2) is 5.62. The summed E-state index contributed by atoms with van der Waals surface area (Å²) in [4.78, 5) is 4.12. The molecule has 0 aliphatic rings. The zero-order valence-electron chi connectivity index (χ0n) is 7.09. The maximum Gasteiger partial charge on any atom is 0.188 e. The molecular weight excluding hydrogens is 304 g/mol. The van der Waals surface area contributed by atoms with Crippen molar-refractivity contribution in [2.45, 2.75) is 4.43 Å². The van der Waals surface area contributed by atoms with Gasteiger partial charge in [0.05, 0.1) is 5.69 Å². The second-order valence-electron chi connectivity index (χ2n) is 2.28. The van der Waals surface area contributed by atoms with Gasteiger partial charge in [0.15, 0.2) is 17.7 Å². The van der Waals surface area contributed by atoms with E-state index in [-0.39, 0.29) is 6.79 Å². The number of alkyl halides is 1. The number of ether oxygens (including phenoxy) is 2. The Morgan fingerprint density at radius 3 is 2.85 bits per heavy atom. The predicted octanol–water partition coefficient (Wildman–Crippen LogP) is 2.65. The van der Waals surface area contributed by atoms with E-state index in [1.807, 2.05) is 6.07 Å². The first-order valence-electron chi connectivity index (χ1n) is 3.61. The van der Waals surface area contributed by atoms with Gasteiger partial charge in [0.1, 0.15) is 0 Å². The minimum Gasteiger partial charge on any atom is -0.464 e. The average molecular weight is 314 g/mol. The van der Waals surface area contributed by atoms with E-state index in [1.165, 1.54) is 0 Å².